The summed E-state index contributed by atoms with van der Waals surface area (Å²) in [5, 5.41) is 3.43. The van der Waals surface area contributed by atoms with Crippen molar-refractivity contribution in [3.8, 4) is 0 Å². The van der Waals surface area contributed by atoms with Crippen molar-refractivity contribution in [2.24, 2.45) is 0 Å². The second-order valence-corrected chi connectivity index (χ2v) is 6.33. The van der Waals surface area contributed by atoms with Crippen molar-refractivity contribution in [1.82, 2.24) is 9.55 Å². The molecule has 128 valence electrons. The molecule has 2 N–H and O–H groups in total. The SMILES string of the molecule is CCn1c(=S)[nH]c2cc(C(=O)Nc3cccc(C)c3C)ccc2c1=O. The summed E-state index contributed by atoms with van der Waals surface area (Å²) in [5.41, 5.74) is 3.80. The fourth-order valence-corrected chi connectivity index (χ4v) is 3.09. The number of aromatic amines is 1. The molecule has 1 aromatic heterocycles. The van der Waals surface area contributed by atoms with Crippen molar-refractivity contribution >= 4 is 34.7 Å². The third kappa shape index (κ3) is 3.13. The van der Waals surface area contributed by atoms with E-state index in [0.29, 0.717) is 27.8 Å². The zero-order chi connectivity index (χ0) is 18.1. The second-order valence-electron chi connectivity index (χ2n) is 5.94. The van der Waals surface area contributed by atoms with Crippen molar-refractivity contribution in [3.63, 3.8) is 0 Å². The summed E-state index contributed by atoms with van der Waals surface area (Å²) in [4.78, 5) is 28.0. The number of carbonyl (C=O) groups is 1. The van der Waals surface area contributed by atoms with Gasteiger partial charge in [0.2, 0.25) is 0 Å². The lowest BCUT2D eigenvalue weighted by atomic mass is 10.1. The lowest BCUT2D eigenvalue weighted by Crippen LogP contribution is -2.21. The van der Waals surface area contributed by atoms with Gasteiger partial charge in [0, 0.05) is 17.8 Å². The number of rotatable bonds is 3. The van der Waals surface area contributed by atoms with Gasteiger partial charge in [-0.15, -0.1) is 0 Å². The van der Waals surface area contributed by atoms with Crippen LogP contribution in [0, 0.1) is 18.6 Å². The van der Waals surface area contributed by atoms with Gasteiger partial charge in [-0.05, 0) is 68.4 Å². The van der Waals surface area contributed by atoms with E-state index in [0.717, 1.165) is 16.8 Å². The van der Waals surface area contributed by atoms with E-state index >= 15 is 0 Å². The highest BCUT2D eigenvalue weighted by Crippen LogP contribution is 2.19. The maximum atomic E-state index is 12.6. The minimum absolute atomic E-state index is 0.150. The van der Waals surface area contributed by atoms with Gasteiger partial charge in [-0.1, -0.05) is 12.1 Å². The molecule has 0 bridgehead atoms. The Hall–Kier alpha value is -2.73. The Labute approximate surface area is 150 Å². The summed E-state index contributed by atoms with van der Waals surface area (Å²) in [6, 6.07) is 10.7. The van der Waals surface area contributed by atoms with E-state index in [4.69, 9.17) is 12.2 Å². The molecule has 0 saturated carbocycles. The summed E-state index contributed by atoms with van der Waals surface area (Å²) in [7, 11) is 0. The molecule has 2 aromatic carbocycles. The van der Waals surface area contributed by atoms with Crippen molar-refractivity contribution in [1.29, 1.82) is 0 Å². The van der Waals surface area contributed by atoms with Gasteiger partial charge in [0.05, 0.1) is 10.9 Å². The lowest BCUT2D eigenvalue weighted by Gasteiger charge is -2.11. The number of fused-ring (bicyclic) bond motifs is 1. The highest BCUT2D eigenvalue weighted by atomic mass is 32.1. The molecule has 1 amide bonds. The van der Waals surface area contributed by atoms with Crippen LogP contribution >= 0.6 is 12.2 Å². The van der Waals surface area contributed by atoms with Crippen molar-refractivity contribution in [3.05, 3.63) is 68.2 Å². The van der Waals surface area contributed by atoms with Gasteiger partial charge in [-0.3, -0.25) is 14.2 Å². The molecule has 0 fully saturated rings. The number of nitrogens with one attached hydrogen (secondary N) is 2. The molecule has 0 aliphatic rings. The topological polar surface area (TPSA) is 66.9 Å². The monoisotopic (exact) mass is 353 g/mol. The van der Waals surface area contributed by atoms with Crippen LogP contribution in [0.2, 0.25) is 0 Å². The molecule has 3 aromatic rings. The van der Waals surface area contributed by atoms with E-state index in [1.807, 2.05) is 39.0 Å². The Morgan fingerprint density at radius 1 is 1.24 bits per heavy atom. The quantitative estimate of drug-likeness (QED) is 0.701. The number of benzene rings is 2. The van der Waals surface area contributed by atoms with E-state index in [1.54, 1.807) is 18.2 Å². The molecular weight excluding hydrogens is 334 g/mol. The molecule has 0 aliphatic carbocycles. The molecule has 3 rings (SSSR count). The summed E-state index contributed by atoms with van der Waals surface area (Å²) in [6.45, 7) is 6.33. The first-order valence-corrected chi connectivity index (χ1v) is 8.47. The minimum atomic E-state index is -0.227. The molecule has 25 heavy (non-hydrogen) atoms. The van der Waals surface area contributed by atoms with Crippen LogP contribution in [0.1, 0.15) is 28.4 Å². The fraction of sp³-hybridized carbons (Fsp3) is 0.211. The summed E-state index contributed by atoms with van der Waals surface area (Å²) in [5.74, 6) is -0.227. The van der Waals surface area contributed by atoms with Crippen molar-refractivity contribution in [2.45, 2.75) is 27.3 Å². The van der Waals surface area contributed by atoms with Gasteiger partial charge in [0.25, 0.3) is 11.5 Å². The van der Waals surface area contributed by atoms with E-state index in [-0.39, 0.29) is 11.5 Å². The van der Waals surface area contributed by atoms with Crippen LogP contribution in [0.25, 0.3) is 10.9 Å². The molecule has 0 saturated heterocycles. The van der Waals surface area contributed by atoms with Crippen LogP contribution in [-0.2, 0) is 6.54 Å². The maximum absolute atomic E-state index is 12.6. The number of hydrogen-bond acceptors (Lipinski definition) is 3. The lowest BCUT2D eigenvalue weighted by molar-refractivity contribution is 0.102. The molecule has 1 heterocycles. The maximum Gasteiger partial charge on any atom is 0.262 e. The Balaban J connectivity index is 2.02. The Morgan fingerprint density at radius 2 is 2.00 bits per heavy atom. The average Bonchev–Trinajstić information content (AvgIpc) is 2.58. The van der Waals surface area contributed by atoms with Crippen LogP contribution in [0.4, 0.5) is 5.69 Å². The first-order chi connectivity index (χ1) is 11.9. The standard InChI is InChI=1S/C19H19N3O2S/c1-4-22-18(24)14-9-8-13(10-16(14)21-19(22)25)17(23)20-15-7-5-6-11(2)12(15)3/h5-10H,4H2,1-3H3,(H,20,23)(H,21,25). The molecule has 0 atom stereocenters. The Bertz CT molecular complexity index is 1100. The number of anilines is 1. The third-order valence-electron chi connectivity index (χ3n) is 4.41. The van der Waals surface area contributed by atoms with Crippen LogP contribution in [-0.4, -0.2) is 15.5 Å². The van der Waals surface area contributed by atoms with Gasteiger partial charge in [0.1, 0.15) is 0 Å². The molecule has 6 heteroatoms. The first kappa shape index (κ1) is 17.1. The number of H-pyrrole nitrogens is 1. The first-order valence-electron chi connectivity index (χ1n) is 8.06. The normalized spacial score (nSPS) is 10.8. The van der Waals surface area contributed by atoms with Crippen molar-refractivity contribution < 1.29 is 4.79 Å². The zero-order valence-electron chi connectivity index (χ0n) is 14.3. The van der Waals surface area contributed by atoms with Gasteiger partial charge in [-0.2, -0.15) is 0 Å². The van der Waals surface area contributed by atoms with E-state index < -0.39 is 0 Å². The van der Waals surface area contributed by atoms with Crippen LogP contribution in [0.5, 0.6) is 0 Å². The Kier molecular flexibility index (Phi) is 4.55. The smallest absolute Gasteiger partial charge is 0.262 e. The van der Waals surface area contributed by atoms with Gasteiger partial charge < -0.3 is 10.3 Å². The fourth-order valence-electron chi connectivity index (χ4n) is 2.76. The second kappa shape index (κ2) is 6.64. The highest BCUT2D eigenvalue weighted by Gasteiger charge is 2.11. The number of carbonyl (C=O) groups excluding carboxylic acids is 1. The molecular formula is C19H19N3O2S. The van der Waals surface area contributed by atoms with Gasteiger partial charge in [0.15, 0.2) is 4.77 Å². The van der Waals surface area contributed by atoms with Crippen LogP contribution < -0.4 is 10.9 Å². The zero-order valence-corrected chi connectivity index (χ0v) is 15.2. The highest BCUT2D eigenvalue weighted by molar-refractivity contribution is 7.71. The number of hydrogen-bond donors (Lipinski definition) is 2. The van der Waals surface area contributed by atoms with Crippen LogP contribution in [0.3, 0.4) is 0 Å². The van der Waals surface area contributed by atoms with Gasteiger partial charge >= 0.3 is 0 Å². The number of amides is 1. The van der Waals surface area contributed by atoms with Crippen molar-refractivity contribution in [2.75, 3.05) is 5.32 Å². The number of aryl methyl sites for hydroxylation is 1. The number of aromatic nitrogens is 2. The number of nitrogens with zero attached hydrogens (tertiary/aromatic N) is 1. The minimum Gasteiger partial charge on any atom is -0.332 e. The van der Waals surface area contributed by atoms with E-state index in [1.165, 1.54) is 4.57 Å². The van der Waals surface area contributed by atoms with Gasteiger partial charge in [-0.25, -0.2) is 0 Å². The largest absolute Gasteiger partial charge is 0.332 e. The summed E-state index contributed by atoms with van der Waals surface area (Å²) >= 11 is 5.22. The average molecular weight is 353 g/mol. The molecule has 0 aliphatic heterocycles. The van der Waals surface area contributed by atoms with E-state index in [9.17, 15) is 9.59 Å². The van der Waals surface area contributed by atoms with Crippen LogP contribution in [0.15, 0.2) is 41.2 Å². The Morgan fingerprint density at radius 3 is 2.72 bits per heavy atom. The summed E-state index contributed by atoms with van der Waals surface area (Å²) < 4.78 is 1.85. The molecule has 5 nitrogen and oxygen atoms in total. The molecule has 0 spiro atoms. The third-order valence-corrected chi connectivity index (χ3v) is 4.74. The molecule has 0 unspecified atom stereocenters. The predicted molar refractivity (Wildman–Crippen MR) is 103 cm³/mol. The van der Waals surface area contributed by atoms with E-state index in [2.05, 4.69) is 10.3 Å². The predicted octanol–water partition coefficient (Wildman–Crippen LogP) is 3.95. The molecule has 0 radical (unpaired) electrons. The summed E-state index contributed by atoms with van der Waals surface area (Å²) in [6.07, 6.45) is 0.